The third kappa shape index (κ3) is 40.8. The van der Waals surface area contributed by atoms with Crippen molar-refractivity contribution in [3.05, 3.63) is 36.5 Å². The minimum absolute atomic E-state index is 0.0643. The Kier molecular flexibility index (Phi) is 44.6. The normalized spacial score (nSPS) is 13.5. The van der Waals surface area contributed by atoms with Crippen LogP contribution in [0, 0.1) is 0 Å². The number of rotatable bonds is 45. The Morgan fingerprint density at radius 3 is 1.38 bits per heavy atom. The van der Waals surface area contributed by atoms with Gasteiger partial charge in [0.15, 0.2) is 0 Å². The highest BCUT2D eigenvalue weighted by Gasteiger charge is 2.24. The number of aliphatic hydroxyl groups is 2. The second-order valence-corrected chi connectivity index (χ2v) is 17.2. The molecule has 0 aromatic rings. The van der Waals surface area contributed by atoms with Crippen molar-refractivity contribution in [3.8, 4) is 0 Å². The molecule has 0 spiro atoms. The van der Waals surface area contributed by atoms with E-state index < -0.39 is 18.2 Å². The molecular formula is C52H97NO5. The molecule has 0 aromatic heterocycles. The van der Waals surface area contributed by atoms with Crippen molar-refractivity contribution in [1.82, 2.24) is 5.32 Å². The van der Waals surface area contributed by atoms with Crippen LogP contribution in [0.2, 0.25) is 0 Å². The van der Waals surface area contributed by atoms with Crippen LogP contribution in [0.4, 0.5) is 0 Å². The van der Waals surface area contributed by atoms with E-state index in [1.165, 1.54) is 135 Å². The molecule has 1 amide bonds. The third-order valence-corrected chi connectivity index (χ3v) is 11.5. The van der Waals surface area contributed by atoms with Gasteiger partial charge in [0.2, 0.25) is 5.91 Å². The summed E-state index contributed by atoms with van der Waals surface area (Å²) < 4.78 is 5.92. The average Bonchev–Trinajstić information content (AvgIpc) is 3.22. The summed E-state index contributed by atoms with van der Waals surface area (Å²) in [5, 5.41) is 23.7. The van der Waals surface area contributed by atoms with E-state index >= 15 is 0 Å². The topological polar surface area (TPSA) is 95.9 Å². The molecule has 6 heteroatoms. The number of amides is 1. The molecule has 0 rings (SSSR count). The molecule has 0 saturated heterocycles. The predicted octanol–water partition coefficient (Wildman–Crippen LogP) is 14.9. The van der Waals surface area contributed by atoms with Crippen molar-refractivity contribution >= 4 is 11.9 Å². The van der Waals surface area contributed by atoms with Gasteiger partial charge in [-0.15, -0.1) is 0 Å². The van der Waals surface area contributed by atoms with Gasteiger partial charge in [-0.2, -0.15) is 0 Å². The lowest BCUT2D eigenvalue weighted by molar-refractivity contribution is -0.151. The number of ether oxygens (including phenoxy) is 1. The fraction of sp³-hybridized carbons (Fsp3) is 0.846. The van der Waals surface area contributed by atoms with E-state index in [4.69, 9.17) is 4.74 Å². The van der Waals surface area contributed by atoms with Gasteiger partial charge in [0.1, 0.15) is 6.10 Å². The molecule has 0 saturated carbocycles. The van der Waals surface area contributed by atoms with Crippen LogP contribution in [0.15, 0.2) is 36.5 Å². The zero-order valence-corrected chi connectivity index (χ0v) is 38.7. The molecular weight excluding hydrogens is 719 g/mol. The molecule has 340 valence electrons. The van der Waals surface area contributed by atoms with Gasteiger partial charge < -0.3 is 20.3 Å². The van der Waals surface area contributed by atoms with Crippen LogP contribution < -0.4 is 5.32 Å². The SMILES string of the molecule is CCCCC/C=C/C=C/CCCCCCC(CC(=O)NC(CO)C(O)CCCCCCCCCCCCC)OC(=O)CCCCCCCCC/C=C\CCCCCC. The first-order valence-corrected chi connectivity index (χ1v) is 25.2. The zero-order chi connectivity index (χ0) is 42.4. The number of allylic oxidation sites excluding steroid dienone is 6. The van der Waals surface area contributed by atoms with Crippen molar-refractivity contribution in [2.45, 2.75) is 277 Å². The number of carbonyl (C=O) groups is 2. The Labute approximate surface area is 360 Å². The quantitative estimate of drug-likeness (QED) is 0.0246. The summed E-state index contributed by atoms with van der Waals surface area (Å²) >= 11 is 0. The van der Waals surface area contributed by atoms with E-state index in [1.807, 2.05) is 0 Å². The smallest absolute Gasteiger partial charge is 0.306 e. The molecule has 0 aliphatic carbocycles. The standard InChI is InChI=1S/C52H97NO5/c1-4-7-10-13-16-19-22-24-25-27-30-33-36-39-42-45-52(57)58-48(43-40-37-34-31-29-26-23-20-17-14-11-8-5-2)46-51(56)53-49(47-54)50(55)44-41-38-35-32-28-21-18-15-12-9-6-3/h17,19-20,22-23,26,48-50,54-55H,4-16,18,21,24-25,27-47H2,1-3H3,(H,53,56)/b20-17+,22-19-,26-23+. The molecule has 0 radical (unpaired) electrons. The Morgan fingerprint density at radius 1 is 0.500 bits per heavy atom. The van der Waals surface area contributed by atoms with Crippen LogP contribution in [0.5, 0.6) is 0 Å². The molecule has 0 aliphatic heterocycles. The Morgan fingerprint density at radius 2 is 0.879 bits per heavy atom. The van der Waals surface area contributed by atoms with Crippen LogP contribution in [-0.2, 0) is 14.3 Å². The molecule has 0 heterocycles. The van der Waals surface area contributed by atoms with Gasteiger partial charge in [0.25, 0.3) is 0 Å². The first-order chi connectivity index (χ1) is 28.5. The van der Waals surface area contributed by atoms with Crippen molar-refractivity contribution in [3.63, 3.8) is 0 Å². The summed E-state index contributed by atoms with van der Waals surface area (Å²) in [6.45, 7) is 6.43. The van der Waals surface area contributed by atoms with Crippen LogP contribution in [0.25, 0.3) is 0 Å². The molecule has 0 aliphatic rings. The summed E-state index contributed by atoms with van der Waals surface area (Å²) in [6, 6.07) is -0.706. The van der Waals surface area contributed by atoms with Crippen LogP contribution in [-0.4, -0.2) is 46.9 Å². The summed E-state index contributed by atoms with van der Waals surface area (Å²) in [6.07, 6.45) is 53.4. The summed E-state index contributed by atoms with van der Waals surface area (Å²) in [5.41, 5.74) is 0. The maximum absolute atomic E-state index is 13.2. The number of esters is 1. The Hall–Kier alpha value is -1.92. The molecule has 6 nitrogen and oxygen atoms in total. The van der Waals surface area contributed by atoms with Crippen LogP contribution >= 0.6 is 0 Å². The van der Waals surface area contributed by atoms with Gasteiger partial charge in [0, 0.05) is 6.42 Å². The second kappa shape index (κ2) is 46.2. The monoisotopic (exact) mass is 816 g/mol. The lowest BCUT2D eigenvalue weighted by Gasteiger charge is -2.24. The maximum atomic E-state index is 13.2. The van der Waals surface area contributed by atoms with Gasteiger partial charge in [-0.25, -0.2) is 0 Å². The average molecular weight is 816 g/mol. The molecule has 3 N–H and O–H groups in total. The number of unbranched alkanes of at least 4 members (excludes halogenated alkanes) is 28. The van der Waals surface area contributed by atoms with Crippen LogP contribution in [0.1, 0.15) is 258 Å². The fourth-order valence-corrected chi connectivity index (χ4v) is 7.59. The van der Waals surface area contributed by atoms with Gasteiger partial charge >= 0.3 is 5.97 Å². The van der Waals surface area contributed by atoms with Crippen molar-refractivity contribution in [1.29, 1.82) is 0 Å². The molecule has 0 aromatic carbocycles. The predicted molar refractivity (Wildman–Crippen MR) is 250 cm³/mol. The van der Waals surface area contributed by atoms with E-state index in [9.17, 15) is 19.8 Å². The highest BCUT2D eigenvalue weighted by molar-refractivity contribution is 5.77. The van der Waals surface area contributed by atoms with E-state index in [1.54, 1.807) is 0 Å². The number of hydrogen-bond acceptors (Lipinski definition) is 5. The lowest BCUT2D eigenvalue weighted by atomic mass is 10.0. The van der Waals surface area contributed by atoms with Gasteiger partial charge in [-0.05, 0) is 77.0 Å². The minimum atomic E-state index is -0.791. The fourth-order valence-electron chi connectivity index (χ4n) is 7.59. The first-order valence-electron chi connectivity index (χ1n) is 25.2. The van der Waals surface area contributed by atoms with Gasteiger partial charge in [0.05, 0.1) is 25.2 Å². The molecule has 58 heavy (non-hydrogen) atoms. The highest BCUT2D eigenvalue weighted by Crippen LogP contribution is 2.17. The maximum Gasteiger partial charge on any atom is 0.306 e. The summed E-state index contributed by atoms with van der Waals surface area (Å²) in [5.74, 6) is -0.493. The zero-order valence-electron chi connectivity index (χ0n) is 38.7. The number of hydrogen-bond donors (Lipinski definition) is 3. The summed E-state index contributed by atoms with van der Waals surface area (Å²) in [7, 11) is 0. The minimum Gasteiger partial charge on any atom is -0.462 e. The lowest BCUT2D eigenvalue weighted by Crippen LogP contribution is -2.46. The largest absolute Gasteiger partial charge is 0.462 e. The van der Waals surface area contributed by atoms with E-state index in [0.29, 0.717) is 19.3 Å². The van der Waals surface area contributed by atoms with Crippen molar-refractivity contribution < 1.29 is 24.5 Å². The highest BCUT2D eigenvalue weighted by atomic mass is 16.5. The van der Waals surface area contributed by atoms with E-state index in [0.717, 1.165) is 77.0 Å². The van der Waals surface area contributed by atoms with E-state index in [-0.39, 0.29) is 24.9 Å². The van der Waals surface area contributed by atoms with Gasteiger partial charge in [-0.3, -0.25) is 9.59 Å². The molecule has 3 unspecified atom stereocenters. The van der Waals surface area contributed by atoms with Crippen molar-refractivity contribution in [2.75, 3.05) is 6.61 Å². The van der Waals surface area contributed by atoms with E-state index in [2.05, 4.69) is 62.5 Å². The van der Waals surface area contributed by atoms with Gasteiger partial charge in [-0.1, -0.05) is 205 Å². The number of aliphatic hydroxyl groups excluding tert-OH is 2. The third-order valence-electron chi connectivity index (χ3n) is 11.5. The number of nitrogens with one attached hydrogen (secondary N) is 1. The molecule has 3 atom stereocenters. The Balaban J connectivity index is 4.60. The molecule has 0 fully saturated rings. The summed E-state index contributed by atoms with van der Waals surface area (Å²) in [4.78, 5) is 26.1. The van der Waals surface area contributed by atoms with Crippen LogP contribution in [0.3, 0.4) is 0 Å². The first kappa shape index (κ1) is 56.1. The van der Waals surface area contributed by atoms with Crippen molar-refractivity contribution in [2.24, 2.45) is 0 Å². The number of carbonyl (C=O) groups excluding carboxylic acids is 2. The molecule has 0 bridgehead atoms. The Bertz CT molecular complexity index is 961. The second-order valence-electron chi connectivity index (χ2n) is 17.2.